The molecule has 0 bridgehead atoms. The lowest BCUT2D eigenvalue weighted by Gasteiger charge is -2.23. The van der Waals surface area contributed by atoms with Gasteiger partial charge in [0.2, 0.25) is 0 Å². The predicted molar refractivity (Wildman–Crippen MR) is 84.2 cm³/mol. The molecule has 0 spiro atoms. The Bertz CT molecular complexity index is 826. The van der Waals surface area contributed by atoms with Crippen LogP contribution < -0.4 is 5.32 Å². The highest BCUT2D eigenvalue weighted by atomic mass is 35.5. The minimum absolute atomic E-state index is 0.000644. The molecule has 4 nitrogen and oxygen atoms in total. The lowest BCUT2D eigenvalue weighted by atomic mass is 9.92. The van der Waals surface area contributed by atoms with Crippen molar-refractivity contribution < 1.29 is 18.4 Å². The summed E-state index contributed by atoms with van der Waals surface area (Å²) >= 11 is 6.03. The van der Waals surface area contributed by atoms with Crippen molar-refractivity contribution in [3.63, 3.8) is 0 Å². The molecule has 0 saturated carbocycles. The van der Waals surface area contributed by atoms with E-state index in [1.54, 1.807) is 0 Å². The fourth-order valence-corrected chi connectivity index (χ4v) is 3.05. The molecular formula is C17H13ClF2N2O2. The number of hydrogen-bond donors (Lipinski definition) is 1. The third kappa shape index (κ3) is 2.73. The van der Waals surface area contributed by atoms with Crippen LogP contribution in [0.2, 0.25) is 5.02 Å². The average molecular weight is 351 g/mol. The van der Waals surface area contributed by atoms with E-state index in [1.165, 1.54) is 43.3 Å². The van der Waals surface area contributed by atoms with Gasteiger partial charge in [0.25, 0.3) is 5.91 Å². The highest BCUT2D eigenvalue weighted by molar-refractivity contribution is 6.32. The summed E-state index contributed by atoms with van der Waals surface area (Å²) in [5, 5.41) is 2.65. The Balaban J connectivity index is 1.91. The van der Waals surface area contributed by atoms with Crippen molar-refractivity contribution in [2.45, 2.75) is 19.0 Å². The number of nitrogens with zero attached hydrogens (tertiary/aromatic N) is 1. The van der Waals surface area contributed by atoms with Gasteiger partial charge in [-0.25, -0.2) is 13.6 Å². The lowest BCUT2D eigenvalue weighted by molar-refractivity contribution is -0.131. The van der Waals surface area contributed by atoms with E-state index >= 15 is 0 Å². The SMILES string of the molecule is CC1(c2ccc(F)cc2Cl)NC(=O)N(Cc2ccc(F)cc2)C1=O. The summed E-state index contributed by atoms with van der Waals surface area (Å²) in [4.78, 5) is 26.0. The van der Waals surface area contributed by atoms with Gasteiger partial charge in [-0.15, -0.1) is 0 Å². The molecule has 124 valence electrons. The molecule has 0 aromatic heterocycles. The van der Waals surface area contributed by atoms with Gasteiger partial charge in [0.1, 0.15) is 17.2 Å². The van der Waals surface area contributed by atoms with Crippen LogP contribution in [0.25, 0.3) is 0 Å². The summed E-state index contributed by atoms with van der Waals surface area (Å²) in [6, 6.07) is 8.54. The summed E-state index contributed by atoms with van der Waals surface area (Å²) in [7, 11) is 0. The van der Waals surface area contributed by atoms with Gasteiger partial charge in [-0.3, -0.25) is 9.69 Å². The van der Waals surface area contributed by atoms with Crippen molar-refractivity contribution in [1.82, 2.24) is 10.2 Å². The topological polar surface area (TPSA) is 49.4 Å². The van der Waals surface area contributed by atoms with Crippen LogP contribution in [0, 0.1) is 11.6 Å². The summed E-state index contributed by atoms with van der Waals surface area (Å²) in [5.74, 6) is -1.45. The number of imide groups is 1. The molecule has 2 aromatic carbocycles. The van der Waals surface area contributed by atoms with Gasteiger partial charge in [0.15, 0.2) is 0 Å². The zero-order valence-corrected chi connectivity index (χ0v) is 13.4. The molecule has 0 radical (unpaired) electrons. The maximum absolute atomic E-state index is 13.2. The number of hydrogen-bond acceptors (Lipinski definition) is 2. The number of carbonyl (C=O) groups excluding carboxylic acids is 2. The zero-order valence-electron chi connectivity index (χ0n) is 12.6. The maximum atomic E-state index is 13.2. The molecule has 2 aromatic rings. The highest BCUT2D eigenvalue weighted by Gasteiger charge is 2.49. The Morgan fingerprint density at radius 1 is 1.08 bits per heavy atom. The van der Waals surface area contributed by atoms with Crippen LogP contribution in [-0.2, 0) is 16.9 Å². The standard InChI is InChI=1S/C17H13ClF2N2O2/c1-17(13-7-6-12(20)8-14(13)18)15(23)22(16(24)21-17)9-10-2-4-11(19)5-3-10/h2-8H,9H2,1H3,(H,21,24). The first-order valence-corrected chi connectivity index (χ1v) is 7.53. The molecule has 1 atom stereocenters. The normalized spacial score (nSPS) is 20.4. The van der Waals surface area contributed by atoms with Crippen molar-refractivity contribution in [3.8, 4) is 0 Å². The molecule has 1 N–H and O–H groups in total. The van der Waals surface area contributed by atoms with E-state index in [1.807, 2.05) is 0 Å². The first-order chi connectivity index (χ1) is 11.3. The molecule has 1 aliphatic rings. The average Bonchev–Trinajstić information content (AvgIpc) is 2.73. The fourth-order valence-electron chi connectivity index (χ4n) is 2.69. The summed E-state index contributed by atoms with van der Waals surface area (Å²) < 4.78 is 26.2. The third-order valence-corrected chi connectivity index (χ3v) is 4.31. The monoisotopic (exact) mass is 350 g/mol. The Morgan fingerprint density at radius 2 is 1.71 bits per heavy atom. The summed E-state index contributed by atoms with van der Waals surface area (Å²) in [6.07, 6.45) is 0. The third-order valence-electron chi connectivity index (χ3n) is 4.00. The molecule has 1 fully saturated rings. The van der Waals surface area contributed by atoms with Crippen LogP contribution in [0.1, 0.15) is 18.1 Å². The number of nitrogens with one attached hydrogen (secondary N) is 1. The van der Waals surface area contributed by atoms with Gasteiger partial charge in [0, 0.05) is 10.6 Å². The van der Waals surface area contributed by atoms with E-state index in [-0.39, 0.29) is 11.6 Å². The molecule has 3 amide bonds. The number of halogens is 3. The molecule has 7 heteroatoms. The Kier molecular flexibility index (Phi) is 4.01. The number of benzene rings is 2. The van der Waals surface area contributed by atoms with Crippen LogP contribution in [0.5, 0.6) is 0 Å². The quantitative estimate of drug-likeness (QED) is 0.860. The lowest BCUT2D eigenvalue weighted by Crippen LogP contribution is -2.41. The van der Waals surface area contributed by atoms with E-state index in [0.29, 0.717) is 11.1 Å². The van der Waals surface area contributed by atoms with E-state index in [2.05, 4.69) is 5.32 Å². The van der Waals surface area contributed by atoms with Gasteiger partial charge in [-0.05, 0) is 36.8 Å². The smallest absolute Gasteiger partial charge is 0.319 e. The highest BCUT2D eigenvalue weighted by Crippen LogP contribution is 2.34. The second-order valence-corrected chi connectivity index (χ2v) is 6.10. The molecule has 3 rings (SSSR count). The van der Waals surface area contributed by atoms with E-state index in [4.69, 9.17) is 11.6 Å². The largest absolute Gasteiger partial charge is 0.325 e. The van der Waals surface area contributed by atoms with Crippen LogP contribution in [0.15, 0.2) is 42.5 Å². The predicted octanol–water partition coefficient (Wildman–Crippen LogP) is 3.59. The molecule has 1 aliphatic heterocycles. The first kappa shape index (κ1) is 16.4. The molecule has 1 unspecified atom stereocenters. The Morgan fingerprint density at radius 3 is 2.33 bits per heavy atom. The second-order valence-electron chi connectivity index (χ2n) is 5.70. The van der Waals surface area contributed by atoms with Gasteiger partial charge in [-0.2, -0.15) is 0 Å². The minimum atomic E-state index is -1.39. The molecular weight excluding hydrogens is 338 g/mol. The van der Waals surface area contributed by atoms with Crippen molar-refractivity contribution >= 4 is 23.5 Å². The Labute approximate surface area is 142 Å². The number of amides is 3. The fraction of sp³-hybridized carbons (Fsp3) is 0.176. The van der Waals surface area contributed by atoms with E-state index < -0.39 is 29.1 Å². The first-order valence-electron chi connectivity index (χ1n) is 7.15. The van der Waals surface area contributed by atoms with Crippen LogP contribution in [0.3, 0.4) is 0 Å². The van der Waals surface area contributed by atoms with Gasteiger partial charge in [-0.1, -0.05) is 29.8 Å². The zero-order chi connectivity index (χ0) is 17.5. The maximum Gasteiger partial charge on any atom is 0.325 e. The number of carbonyl (C=O) groups is 2. The molecule has 24 heavy (non-hydrogen) atoms. The summed E-state index contributed by atoms with van der Waals surface area (Å²) in [6.45, 7) is 1.51. The molecule has 1 saturated heterocycles. The molecule has 1 heterocycles. The van der Waals surface area contributed by atoms with E-state index in [0.717, 1.165) is 11.0 Å². The van der Waals surface area contributed by atoms with Crippen molar-refractivity contribution in [3.05, 3.63) is 70.2 Å². The minimum Gasteiger partial charge on any atom is -0.319 e. The van der Waals surface area contributed by atoms with E-state index in [9.17, 15) is 18.4 Å². The number of rotatable bonds is 3. The van der Waals surface area contributed by atoms with Crippen LogP contribution in [0.4, 0.5) is 13.6 Å². The van der Waals surface area contributed by atoms with Crippen molar-refractivity contribution in [2.75, 3.05) is 0 Å². The second kappa shape index (κ2) is 5.87. The van der Waals surface area contributed by atoms with Crippen molar-refractivity contribution in [2.24, 2.45) is 0 Å². The van der Waals surface area contributed by atoms with Crippen LogP contribution >= 0.6 is 11.6 Å². The van der Waals surface area contributed by atoms with Gasteiger partial charge < -0.3 is 5.32 Å². The van der Waals surface area contributed by atoms with Gasteiger partial charge in [0.05, 0.1) is 6.54 Å². The van der Waals surface area contributed by atoms with Crippen molar-refractivity contribution in [1.29, 1.82) is 0 Å². The Hall–Kier alpha value is -2.47. The summed E-state index contributed by atoms with van der Waals surface area (Å²) in [5.41, 5.74) is -0.470. The molecule has 0 aliphatic carbocycles. The van der Waals surface area contributed by atoms with Gasteiger partial charge >= 0.3 is 6.03 Å². The number of urea groups is 1. The van der Waals surface area contributed by atoms with Crippen LogP contribution in [-0.4, -0.2) is 16.8 Å².